The Kier molecular flexibility index (Phi) is 6.94. The summed E-state index contributed by atoms with van der Waals surface area (Å²) >= 11 is 0. The SMILES string of the molecule is Cc1cc(C)nc(Nc2cccc([C@@H]3CCCN3C(=O)COCCN3CCCC3=O)n2)n1. The number of hydrogen-bond donors (Lipinski definition) is 1. The number of nitrogens with one attached hydrogen (secondary N) is 1. The van der Waals surface area contributed by atoms with E-state index in [0.717, 1.165) is 42.9 Å². The van der Waals surface area contributed by atoms with Crippen molar-refractivity contribution in [3.63, 3.8) is 0 Å². The number of likely N-dealkylation sites (tertiary alicyclic amines) is 2. The van der Waals surface area contributed by atoms with Crippen LogP contribution < -0.4 is 5.32 Å². The summed E-state index contributed by atoms with van der Waals surface area (Å²) in [5.74, 6) is 1.29. The van der Waals surface area contributed by atoms with Crippen LogP contribution in [0.25, 0.3) is 0 Å². The summed E-state index contributed by atoms with van der Waals surface area (Å²) < 4.78 is 5.59. The zero-order valence-corrected chi connectivity index (χ0v) is 18.7. The molecule has 2 saturated heterocycles. The van der Waals surface area contributed by atoms with Crippen molar-refractivity contribution in [1.82, 2.24) is 24.8 Å². The minimum Gasteiger partial charge on any atom is -0.370 e. The Hall–Kier alpha value is -3.07. The Morgan fingerprint density at radius 1 is 1.16 bits per heavy atom. The number of pyridine rings is 1. The first kappa shape index (κ1) is 22.1. The molecule has 2 aromatic rings. The number of nitrogens with zero attached hydrogens (tertiary/aromatic N) is 5. The Morgan fingerprint density at radius 3 is 2.72 bits per heavy atom. The molecule has 0 spiro atoms. The van der Waals surface area contributed by atoms with E-state index in [1.807, 2.05) is 43.0 Å². The highest BCUT2D eigenvalue weighted by Gasteiger charge is 2.31. The summed E-state index contributed by atoms with van der Waals surface area (Å²) in [6.45, 7) is 6.28. The van der Waals surface area contributed by atoms with Crippen molar-refractivity contribution in [2.75, 3.05) is 38.2 Å². The van der Waals surface area contributed by atoms with Crippen molar-refractivity contribution < 1.29 is 14.3 Å². The number of carbonyl (C=O) groups is 2. The number of aryl methyl sites for hydroxylation is 2. The summed E-state index contributed by atoms with van der Waals surface area (Å²) in [6, 6.07) is 7.59. The second-order valence-electron chi connectivity index (χ2n) is 8.33. The van der Waals surface area contributed by atoms with E-state index in [9.17, 15) is 9.59 Å². The van der Waals surface area contributed by atoms with Gasteiger partial charge in [0.2, 0.25) is 17.8 Å². The zero-order chi connectivity index (χ0) is 22.5. The van der Waals surface area contributed by atoms with Gasteiger partial charge in [-0.3, -0.25) is 9.59 Å². The van der Waals surface area contributed by atoms with E-state index in [1.165, 1.54) is 0 Å². The van der Waals surface area contributed by atoms with Crippen LogP contribution in [-0.2, 0) is 14.3 Å². The zero-order valence-electron chi connectivity index (χ0n) is 18.7. The second-order valence-corrected chi connectivity index (χ2v) is 8.33. The third-order valence-electron chi connectivity index (χ3n) is 5.81. The Balaban J connectivity index is 1.34. The van der Waals surface area contributed by atoms with Crippen molar-refractivity contribution in [2.45, 2.75) is 45.6 Å². The number of aromatic nitrogens is 3. The van der Waals surface area contributed by atoms with Gasteiger partial charge in [-0.1, -0.05) is 6.07 Å². The second kappa shape index (κ2) is 10.0. The molecular weight excluding hydrogens is 408 g/mol. The minimum absolute atomic E-state index is 0.0207. The first-order chi connectivity index (χ1) is 15.5. The third kappa shape index (κ3) is 5.40. The highest BCUT2D eigenvalue weighted by molar-refractivity contribution is 5.78. The van der Waals surface area contributed by atoms with E-state index >= 15 is 0 Å². The van der Waals surface area contributed by atoms with Crippen LogP contribution in [0.2, 0.25) is 0 Å². The molecule has 0 unspecified atom stereocenters. The van der Waals surface area contributed by atoms with Crippen molar-refractivity contribution in [3.8, 4) is 0 Å². The van der Waals surface area contributed by atoms with Crippen LogP contribution in [0, 0.1) is 13.8 Å². The van der Waals surface area contributed by atoms with Gasteiger partial charge in [0, 0.05) is 37.4 Å². The van der Waals surface area contributed by atoms with Gasteiger partial charge in [-0.15, -0.1) is 0 Å². The van der Waals surface area contributed by atoms with Gasteiger partial charge < -0.3 is 19.9 Å². The molecule has 2 aliphatic rings. The predicted molar refractivity (Wildman–Crippen MR) is 119 cm³/mol. The van der Waals surface area contributed by atoms with Gasteiger partial charge in [-0.2, -0.15) is 0 Å². The lowest BCUT2D eigenvalue weighted by atomic mass is 10.1. The Labute approximate surface area is 188 Å². The molecule has 2 fully saturated rings. The summed E-state index contributed by atoms with van der Waals surface area (Å²) in [7, 11) is 0. The van der Waals surface area contributed by atoms with Gasteiger partial charge in [0.05, 0.1) is 18.3 Å². The molecule has 2 amide bonds. The minimum atomic E-state index is -0.0758. The quantitative estimate of drug-likeness (QED) is 0.632. The lowest BCUT2D eigenvalue weighted by molar-refractivity contribution is -0.137. The molecule has 0 radical (unpaired) electrons. The smallest absolute Gasteiger partial charge is 0.249 e. The van der Waals surface area contributed by atoms with E-state index in [-0.39, 0.29) is 24.5 Å². The van der Waals surface area contributed by atoms with Crippen LogP contribution in [0.15, 0.2) is 24.3 Å². The maximum atomic E-state index is 12.8. The fourth-order valence-corrected chi connectivity index (χ4v) is 4.33. The van der Waals surface area contributed by atoms with Gasteiger partial charge in [-0.25, -0.2) is 15.0 Å². The van der Waals surface area contributed by atoms with Crippen LogP contribution in [-0.4, -0.2) is 69.4 Å². The molecule has 9 nitrogen and oxygen atoms in total. The maximum absolute atomic E-state index is 12.8. The van der Waals surface area contributed by atoms with Crippen molar-refractivity contribution in [2.24, 2.45) is 0 Å². The highest BCUT2D eigenvalue weighted by Crippen LogP contribution is 2.31. The van der Waals surface area contributed by atoms with Crippen LogP contribution in [0.1, 0.15) is 48.8 Å². The fourth-order valence-electron chi connectivity index (χ4n) is 4.33. The van der Waals surface area contributed by atoms with E-state index in [4.69, 9.17) is 9.72 Å². The standard InChI is InChI=1S/C23H30N6O3/c1-16-14-17(2)25-23(24-16)27-20-8-3-6-18(26-20)19-7-4-11-29(19)22(31)15-32-13-12-28-10-5-9-21(28)30/h3,6,8,14,19H,4-5,7,9-13,15H2,1-2H3,(H,24,25,26,27)/t19-/m0/s1. The largest absolute Gasteiger partial charge is 0.370 e. The molecule has 0 saturated carbocycles. The molecule has 4 heterocycles. The molecule has 32 heavy (non-hydrogen) atoms. The third-order valence-corrected chi connectivity index (χ3v) is 5.81. The molecule has 170 valence electrons. The van der Waals surface area contributed by atoms with Gasteiger partial charge in [0.15, 0.2) is 0 Å². The van der Waals surface area contributed by atoms with Crippen molar-refractivity contribution >= 4 is 23.6 Å². The number of carbonyl (C=O) groups excluding carboxylic acids is 2. The number of rotatable bonds is 8. The van der Waals surface area contributed by atoms with Crippen LogP contribution in [0.4, 0.5) is 11.8 Å². The predicted octanol–water partition coefficient (Wildman–Crippen LogP) is 2.53. The lowest BCUT2D eigenvalue weighted by Crippen LogP contribution is -2.35. The molecule has 0 bridgehead atoms. The molecule has 2 aliphatic heterocycles. The van der Waals surface area contributed by atoms with E-state index in [2.05, 4.69) is 15.3 Å². The van der Waals surface area contributed by atoms with Crippen LogP contribution in [0.5, 0.6) is 0 Å². The average Bonchev–Trinajstić information content (AvgIpc) is 3.40. The topological polar surface area (TPSA) is 101 Å². The lowest BCUT2D eigenvalue weighted by Gasteiger charge is -2.25. The summed E-state index contributed by atoms with van der Waals surface area (Å²) in [5, 5.41) is 3.17. The Morgan fingerprint density at radius 2 is 1.97 bits per heavy atom. The van der Waals surface area contributed by atoms with Gasteiger partial charge >= 0.3 is 0 Å². The van der Waals surface area contributed by atoms with Crippen molar-refractivity contribution in [1.29, 1.82) is 0 Å². The van der Waals surface area contributed by atoms with Crippen LogP contribution in [0.3, 0.4) is 0 Å². The summed E-state index contributed by atoms with van der Waals surface area (Å²) in [4.78, 5) is 41.6. The molecule has 4 rings (SSSR count). The number of amides is 2. The monoisotopic (exact) mass is 438 g/mol. The maximum Gasteiger partial charge on any atom is 0.249 e. The normalized spacial score (nSPS) is 18.4. The molecule has 0 aromatic carbocycles. The molecule has 0 aliphatic carbocycles. The molecule has 1 N–H and O–H groups in total. The Bertz CT molecular complexity index is 962. The van der Waals surface area contributed by atoms with Gasteiger partial charge in [0.25, 0.3) is 0 Å². The number of hydrogen-bond acceptors (Lipinski definition) is 7. The fraction of sp³-hybridized carbons (Fsp3) is 0.522. The van der Waals surface area contributed by atoms with Crippen LogP contribution >= 0.6 is 0 Å². The molecular formula is C23H30N6O3. The van der Waals surface area contributed by atoms with E-state index in [1.54, 1.807) is 4.90 Å². The average molecular weight is 439 g/mol. The molecule has 9 heteroatoms. The number of anilines is 2. The summed E-state index contributed by atoms with van der Waals surface area (Å²) in [6.07, 6.45) is 3.32. The van der Waals surface area contributed by atoms with Gasteiger partial charge in [0.1, 0.15) is 12.4 Å². The highest BCUT2D eigenvalue weighted by atomic mass is 16.5. The van der Waals surface area contributed by atoms with Gasteiger partial charge in [-0.05, 0) is 51.3 Å². The first-order valence-corrected chi connectivity index (χ1v) is 11.2. The molecule has 2 aromatic heterocycles. The van der Waals surface area contributed by atoms with Crippen molar-refractivity contribution in [3.05, 3.63) is 41.3 Å². The van der Waals surface area contributed by atoms with E-state index < -0.39 is 0 Å². The first-order valence-electron chi connectivity index (χ1n) is 11.2. The number of ether oxygens (including phenoxy) is 1. The van der Waals surface area contributed by atoms with E-state index in [0.29, 0.717) is 37.9 Å². The summed E-state index contributed by atoms with van der Waals surface area (Å²) in [5.41, 5.74) is 2.61. The molecule has 1 atom stereocenters.